The van der Waals surface area contributed by atoms with E-state index in [2.05, 4.69) is 5.32 Å². The van der Waals surface area contributed by atoms with Crippen LogP contribution >= 0.6 is 0 Å². The van der Waals surface area contributed by atoms with Crippen molar-refractivity contribution >= 4 is 22.9 Å². The highest BCUT2D eigenvalue weighted by Crippen LogP contribution is 2.32. The summed E-state index contributed by atoms with van der Waals surface area (Å²) < 4.78 is 3.39. The summed E-state index contributed by atoms with van der Waals surface area (Å²) >= 11 is 0. The third-order valence-electron chi connectivity index (χ3n) is 5.39. The topological polar surface area (TPSA) is 93.3 Å². The standard InChI is InChI=1S/C20H27N3O4/c1-2-12-22-15-7-3-4-8-16(15)23(19(22)27)13-9-17(24)21-20(14-18(25)26)10-5-6-11-20/h3-4,7-8H,2,5-6,9-14H2,1H3,(H,21,24)(H,25,26). The van der Waals surface area contributed by atoms with Gasteiger partial charge in [-0.1, -0.05) is 31.9 Å². The predicted molar refractivity (Wildman–Crippen MR) is 103 cm³/mol. The van der Waals surface area contributed by atoms with E-state index < -0.39 is 11.5 Å². The Morgan fingerprint density at radius 2 is 1.70 bits per heavy atom. The number of rotatable bonds is 8. The molecule has 1 aromatic carbocycles. The Labute approximate surface area is 158 Å². The van der Waals surface area contributed by atoms with Gasteiger partial charge in [0, 0.05) is 19.5 Å². The zero-order valence-corrected chi connectivity index (χ0v) is 15.7. The van der Waals surface area contributed by atoms with Crippen LogP contribution in [-0.4, -0.2) is 31.7 Å². The fourth-order valence-electron chi connectivity index (χ4n) is 4.19. The molecule has 1 fully saturated rings. The second-order valence-electron chi connectivity index (χ2n) is 7.43. The van der Waals surface area contributed by atoms with Crippen LogP contribution in [0.5, 0.6) is 0 Å². The summed E-state index contributed by atoms with van der Waals surface area (Å²) in [5, 5.41) is 12.1. The summed E-state index contributed by atoms with van der Waals surface area (Å²) in [7, 11) is 0. The number of aromatic nitrogens is 2. The van der Waals surface area contributed by atoms with Gasteiger partial charge in [0.2, 0.25) is 5.91 Å². The van der Waals surface area contributed by atoms with Gasteiger partial charge >= 0.3 is 11.7 Å². The lowest BCUT2D eigenvalue weighted by atomic mass is 9.93. The van der Waals surface area contributed by atoms with Gasteiger partial charge in [0.05, 0.1) is 23.0 Å². The van der Waals surface area contributed by atoms with E-state index in [1.165, 1.54) is 0 Å². The van der Waals surface area contributed by atoms with Gasteiger partial charge in [0.1, 0.15) is 0 Å². The number of nitrogens with zero attached hydrogens (tertiary/aromatic N) is 2. The molecule has 1 amide bonds. The maximum Gasteiger partial charge on any atom is 0.329 e. The van der Waals surface area contributed by atoms with E-state index in [1.807, 2.05) is 31.2 Å². The van der Waals surface area contributed by atoms with Crippen molar-refractivity contribution in [3.63, 3.8) is 0 Å². The number of carboxylic acids is 1. The Balaban J connectivity index is 1.75. The van der Waals surface area contributed by atoms with Crippen LogP contribution < -0.4 is 11.0 Å². The third-order valence-corrected chi connectivity index (χ3v) is 5.39. The zero-order chi connectivity index (χ0) is 19.4. The van der Waals surface area contributed by atoms with Gasteiger partial charge in [-0.2, -0.15) is 0 Å². The molecule has 0 spiro atoms. The Kier molecular flexibility index (Phi) is 5.68. The molecular formula is C20H27N3O4. The number of fused-ring (bicyclic) bond motifs is 1. The summed E-state index contributed by atoms with van der Waals surface area (Å²) in [6, 6.07) is 7.60. The van der Waals surface area contributed by atoms with E-state index in [0.29, 0.717) is 19.4 Å². The Bertz CT molecular complexity index is 890. The quantitative estimate of drug-likeness (QED) is 0.743. The average molecular weight is 373 g/mol. The number of amides is 1. The van der Waals surface area contributed by atoms with Gasteiger partial charge < -0.3 is 10.4 Å². The molecule has 2 aromatic rings. The van der Waals surface area contributed by atoms with Gasteiger partial charge in [-0.3, -0.25) is 18.7 Å². The molecule has 0 radical (unpaired) electrons. The Morgan fingerprint density at radius 1 is 1.11 bits per heavy atom. The fraction of sp³-hybridized carbons (Fsp3) is 0.550. The molecule has 0 bridgehead atoms. The number of hydrogen-bond acceptors (Lipinski definition) is 3. The van der Waals surface area contributed by atoms with E-state index in [-0.39, 0.29) is 31.0 Å². The summed E-state index contributed by atoms with van der Waals surface area (Å²) in [6.45, 7) is 2.95. The number of aryl methyl sites for hydroxylation is 2. The third kappa shape index (κ3) is 4.07. The van der Waals surface area contributed by atoms with Crippen molar-refractivity contribution < 1.29 is 14.7 Å². The molecule has 0 aliphatic heterocycles. The molecule has 0 unspecified atom stereocenters. The summed E-state index contributed by atoms with van der Waals surface area (Å²) in [4.78, 5) is 36.5. The minimum atomic E-state index is -0.893. The van der Waals surface area contributed by atoms with Crippen molar-refractivity contribution in [3.8, 4) is 0 Å². The first kappa shape index (κ1) is 19.2. The molecule has 1 aromatic heterocycles. The molecule has 0 atom stereocenters. The van der Waals surface area contributed by atoms with Crippen LogP contribution in [0.15, 0.2) is 29.1 Å². The number of hydrogen-bond donors (Lipinski definition) is 2. The molecule has 1 aliphatic carbocycles. The summed E-state index contributed by atoms with van der Waals surface area (Å²) in [5.74, 6) is -1.09. The molecule has 1 heterocycles. The van der Waals surface area contributed by atoms with Crippen molar-refractivity contribution in [2.24, 2.45) is 0 Å². The van der Waals surface area contributed by atoms with Crippen molar-refractivity contribution in [3.05, 3.63) is 34.7 Å². The Hall–Kier alpha value is -2.57. The number of aliphatic carboxylic acids is 1. The van der Waals surface area contributed by atoms with Gasteiger partial charge in [0.25, 0.3) is 0 Å². The number of nitrogens with one attached hydrogen (secondary N) is 1. The monoisotopic (exact) mass is 373 g/mol. The zero-order valence-electron chi connectivity index (χ0n) is 15.7. The van der Waals surface area contributed by atoms with Gasteiger partial charge in [0.15, 0.2) is 0 Å². The molecule has 3 rings (SSSR count). The molecule has 7 heteroatoms. The number of carbonyl (C=O) groups excluding carboxylic acids is 1. The highest BCUT2D eigenvalue weighted by atomic mass is 16.4. The number of carboxylic acid groups (broad SMARTS) is 1. The van der Waals surface area contributed by atoms with Crippen LogP contribution in [0.2, 0.25) is 0 Å². The van der Waals surface area contributed by atoms with Gasteiger partial charge in [-0.15, -0.1) is 0 Å². The molecule has 1 aliphatic rings. The van der Waals surface area contributed by atoms with Crippen LogP contribution in [0.1, 0.15) is 51.9 Å². The van der Waals surface area contributed by atoms with Crippen molar-refractivity contribution in [1.29, 1.82) is 0 Å². The average Bonchev–Trinajstić information content (AvgIpc) is 3.17. The van der Waals surface area contributed by atoms with Crippen molar-refractivity contribution in [2.75, 3.05) is 0 Å². The SMILES string of the molecule is CCCn1c(=O)n(CCC(=O)NC2(CC(=O)O)CCCC2)c2ccccc21. The largest absolute Gasteiger partial charge is 0.481 e. The number of carbonyl (C=O) groups is 2. The van der Waals surface area contributed by atoms with E-state index in [0.717, 1.165) is 30.3 Å². The fourth-order valence-corrected chi connectivity index (χ4v) is 4.19. The van der Waals surface area contributed by atoms with E-state index in [9.17, 15) is 14.4 Å². The highest BCUT2D eigenvalue weighted by Gasteiger charge is 2.37. The second kappa shape index (κ2) is 7.98. The predicted octanol–water partition coefficient (Wildman–Crippen LogP) is 2.51. The lowest BCUT2D eigenvalue weighted by Gasteiger charge is -2.28. The van der Waals surface area contributed by atoms with Crippen LogP contribution in [0.3, 0.4) is 0 Å². The lowest BCUT2D eigenvalue weighted by Crippen LogP contribution is -2.48. The Morgan fingerprint density at radius 3 is 2.26 bits per heavy atom. The maximum atomic E-state index is 12.8. The van der Waals surface area contributed by atoms with Gasteiger partial charge in [-0.25, -0.2) is 4.79 Å². The van der Waals surface area contributed by atoms with Crippen LogP contribution in [0.25, 0.3) is 11.0 Å². The van der Waals surface area contributed by atoms with Crippen molar-refractivity contribution in [1.82, 2.24) is 14.5 Å². The number of imidazole rings is 1. The molecule has 1 saturated carbocycles. The van der Waals surface area contributed by atoms with Gasteiger partial charge in [-0.05, 0) is 31.4 Å². The molecule has 7 nitrogen and oxygen atoms in total. The lowest BCUT2D eigenvalue weighted by molar-refractivity contribution is -0.139. The smallest absolute Gasteiger partial charge is 0.329 e. The van der Waals surface area contributed by atoms with E-state index in [4.69, 9.17) is 5.11 Å². The molecule has 146 valence electrons. The first-order valence-corrected chi connectivity index (χ1v) is 9.67. The molecular weight excluding hydrogens is 346 g/mol. The van der Waals surface area contributed by atoms with Crippen LogP contribution in [0, 0.1) is 0 Å². The number of benzene rings is 1. The van der Waals surface area contributed by atoms with E-state index in [1.54, 1.807) is 9.13 Å². The summed E-state index contributed by atoms with van der Waals surface area (Å²) in [6.07, 6.45) is 4.21. The molecule has 0 saturated heterocycles. The number of para-hydroxylation sites is 2. The normalized spacial score (nSPS) is 15.9. The molecule has 2 N–H and O–H groups in total. The minimum absolute atomic E-state index is 0.0471. The first-order valence-electron chi connectivity index (χ1n) is 9.67. The molecule has 27 heavy (non-hydrogen) atoms. The minimum Gasteiger partial charge on any atom is -0.481 e. The first-order chi connectivity index (χ1) is 13.0. The maximum absolute atomic E-state index is 12.8. The highest BCUT2D eigenvalue weighted by molar-refractivity contribution is 5.79. The van der Waals surface area contributed by atoms with Crippen molar-refractivity contribution in [2.45, 2.75) is 70.5 Å². The van der Waals surface area contributed by atoms with Crippen LogP contribution in [0.4, 0.5) is 0 Å². The van der Waals surface area contributed by atoms with E-state index >= 15 is 0 Å². The second-order valence-corrected chi connectivity index (χ2v) is 7.43. The summed E-state index contributed by atoms with van der Waals surface area (Å²) in [5.41, 5.74) is 0.962. The van der Waals surface area contributed by atoms with Crippen LogP contribution in [-0.2, 0) is 22.7 Å².